The van der Waals surface area contributed by atoms with Crippen molar-refractivity contribution < 1.29 is 14.7 Å². The minimum Gasteiger partial charge on any atom is -0.465 e. The number of aromatic nitrogens is 2. The second kappa shape index (κ2) is 9.42. The van der Waals surface area contributed by atoms with Crippen LogP contribution in [0.1, 0.15) is 41.6 Å². The SMILES string of the molecule is O=C(O)N[C@H]1CC[C@H](Nc2ncc3ccc(C(=O)NCc4ccccc4)cc3n2)CC1. The topological polar surface area (TPSA) is 116 Å². The molecule has 1 aromatic heterocycles. The molecule has 8 heteroatoms. The quantitative estimate of drug-likeness (QED) is 0.486. The first-order chi connectivity index (χ1) is 15.1. The number of amides is 2. The Morgan fingerprint density at radius 2 is 1.74 bits per heavy atom. The van der Waals surface area contributed by atoms with Crippen LogP contribution in [0.15, 0.2) is 54.7 Å². The molecular weight excluding hydrogens is 394 g/mol. The van der Waals surface area contributed by atoms with Crippen LogP contribution in [-0.2, 0) is 6.54 Å². The van der Waals surface area contributed by atoms with Crippen LogP contribution in [0, 0.1) is 0 Å². The van der Waals surface area contributed by atoms with E-state index in [1.807, 2.05) is 36.4 Å². The van der Waals surface area contributed by atoms with Gasteiger partial charge in [0.1, 0.15) is 0 Å². The van der Waals surface area contributed by atoms with E-state index in [1.165, 1.54) is 0 Å². The van der Waals surface area contributed by atoms with Crippen LogP contribution >= 0.6 is 0 Å². The highest BCUT2D eigenvalue weighted by atomic mass is 16.4. The van der Waals surface area contributed by atoms with Crippen LogP contribution in [-0.4, -0.2) is 39.2 Å². The lowest BCUT2D eigenvalue weighted by molar-refractivity contribution is 0.0951. The summed E-state index contributed by atoms with van der Waals surface area (Å²) in [5, 5.41) is 18.5. The van der Waals surface area contributed by atoms with Crippen LogP contribution in [0.4, 0.5) is 10.7 Å². The summed E-state index contributed by atoms with van der Waals surface area (Å²) >= 11 is 0. The van der Waals surface area contributed by atoms with Crippen LogP contribution in [0.2, 0.25) is 0 Å². The van der Waals surface area contributed by atoms with Gasteiger partial charge in [0.15, 0.2) is 0 Å². The van der Waals surface area contributed by atoms with Gasteiger partial charge in [-0.1, -0.05) is 36.4 Å². The van der Waals surface area contributed by atoms with E-state index in [9.17, 15) is 9.59 Å². The minimum atomic E-state index is -0.974. The summed E-state index contributed by atoms with van der Waals surface area (Å²) in [7, 11) is 0. The van der Waals surface area contributed by atoms with E-state index in [2.05, 4.69) is 25.9 Å². The second-order valence-electron chi connectivity index (χ2n) is 7.78. The van der Waals surface area contributed by atoms with Crippen molar-refractivity contribution >= 4 is 28.9 Å². The van der Waals surface area contributed by atoms with Crippen LogP contribution in [0.3, 0.4) is 0 Å². The summed E-state index contributed by atoms with van der Waals surface area (Å²) in [5.74, 6) is 0.368. The Bertz CT molecular complexity index is 1070. The molecule has 1 fully saturated rings. The van der Waals surface area contributed by atoms with Gasteiger partial charge in [0.2, 0.25) is 5.95 Å². The van der Waals surface area contributed by atoms with Crippen molar-refractivity contribution in [1.29, 1.82) is 0 Å². The van der Waals surface area contributed by atoms with Gasteiger partial charge in [0.25, 0.3) is 5.91 Å². The summed E-state index contributed by atoms with van der Waals surface area (Å²) in [6, 6.07) is 15.4. The molecule has 2 aromatic carbocycles. The summed E-state index contributed by atoms with van der Waals surface area (Å²) in [5.41, 5.74) is 2.29. The molecule has 0 atom stereocenters. The van der Waals surface area contributed by atoms with Crippen molar-refractivity contribution in [2.24, 2.45) is 0 Å². The Hall–Kier alpha value is -3.68. The lowest BCUT2D eigenvalue weighted by Gasteiger charge is -2.28. The molecule has 0 bridgehead atoms. The molecule has 8 nitrogen and oxygen atoms in total. The molecule has 1 aliphatic rings. The number of anilines is 1. The smallest absolute Gasteiger partial charge is 0.404 e. The Balaban J connectivity index is 1.39. The largest absolute Gasteiger partial charge is 0.465 e. The van der Waals surface area contributed by atoms with E-state index in [-0.39, 0.29) is 18.0 Å². The molecule has 160 valence electrons. The van der Waals surface area contributed by atoms with Crippen molar-refractivity contribution in [2.45, 2.75) is 44.3 Å². The number of nitrogens with one attached hydrogen (secondary N) is 3. The summed E-state index contributed by atoms with van der Waals surface area (Å²) in [6.45, 7) is 0.466. The number of hydrogen-bond donors (Lipinski definition) is 4. The molecule has 0 unspecified atom stereocenters. The Morgan fingerprint density at radius 3 is 2.48 bits per heavy atom. The number of fused-ring (bicyclic) bond motifs is 1. The molecule has 0 saturated heterocycles. The van der Waals surface area contributed by atoms with Crippen LogP contribution in [0.25, 0.3) is 10.9 Å². The summed E-state index contributed by atoms with van der Waals surface area (Å²) < 4.78 is 0. The molecule has 4 N–H and O–H groups in total. The molecule has 1 saturated carbocycles. The average molecular weight is 419 g/mol. The van der Waals surface area contributed by atoms with Gasteiger partial charge in [-0.25, -0.2) is 14.8 Å². The zero-order valence-electron chi connectivity index (χ0n) is 17.0. The normalized spacial score (nSPS) is 18.3. The van der Waals surface area contributed by atoms with E-state index < -0.39 is 6.09 Å². The first-order valence-corrected chi connectivity index (χ1v) is 10.4. The molecule has 3 aromatic rings. The maximum absolute atomic E-state index is 12.6. The lowest BCUT2D eigenvalue weighted by atomic mass is 9.91. The lowest BCUT2D eigenvalue weighted by Crippen LogP contribution is -2.39. The van der Waals surface area contributed by atoms with Gasteiger partial charge in [-0.2, -0.15) is 0 Å². The highest BCUT2D eigenvalue weighted by Crippen LogP contribution is 2.22. The van der Waals surface area contributed by atoms with Crippen LogP contribution < -0.4 is 16.0 Å². The standard InChI is InChI=1S/C23H25N5O3/c29-21(24-13-15-4-2-1-3-5-15)16-6-7-17-14-25-22(28-20(17)12-16)26-18-8-10-19(11-9-18)27-23(30)31/h1-7,12,14,18-19,27H,8-11,13H2,(H,24,29)(H,30,31)(H,25,26,28)/t18-,19-. The third-order valence-corrected chi connectivity index (χ3v) is 5.53. The van der Waals surface area contributed by atoms with Crippen molar-refractivity contribution in [3.63, 3.8) is 0 Å². The predicted molar refractivity (Wildman–Crippen MR) is 118 cm³/mol. The van der Waals surface area contributed by atoms with Gasteiger partial charge in [-0.3, -0.25) is 4.79 Å². The summed E-state index contributed by atoms with van der Waals surface area (Å²) in [6.07, 6.45) is 4.01. The van der Waals surface area contributed by atoms with Gasteiger partial charge >= 0.3 is 6.09 Å². The summed E-state index contributed by atoms with van der Waals surface area (Å²) in [4.78, 5) is 32.3. The third kappa shape index (κ3) is 5.48. The zero-order valence-corrected chi connectivity index (χ0v) is 17.0. The van der Waals surface area contributed by atoms with Gasteiger partial charge in [-0.05, 0) is 43.4 Å². The number of carbonyl (C=O) groups is 2. The number of nitrogens with zero attached hydrogens (tertiary/aromatic N) is 2. The zero-order chi connectivity index (χ0) is 21.6. The average Bonchev–Trinajstić information content (AvgIpc) is 2.78. The maximum atomic E-state index is 12.6. The second-order valence-corrected chi connectivity index (χ2v) is 7.78. The molecule has 0 spiro atoms. The number of carbonyl (C=O) groups excluding carboxylic acids is 1. The van der Waals surface area contributed by atoms with Gasteiger partial charge in [0, 0.05) is 35.8 Å². The first kappa shape index (κ1) is 20.6. The molecule has 1 aliphatic carbocycles. The molecule has 4 rings (SSSR count). The fourth-order valence-electron chi connectivity index (χ4n) is 3.85. The van der Waals surface area contributed by atoms with Crippen LogP contribution in [0.5, 0.6) is 0 Å². The highest BCUT2D eigenvalue weighted by Gasteiger charge is 2.22. The van der Waals surface area contributed by atoms with Crippen molar-refractivity contribution in [1.82, 2.24) is 20.6 Å². The van der Waals surface area contributed by atoms with Gasteiger partial charge in [-0.15, -0.1) is 0 Å². The fraction of sp³-hybridized carbons (Fsp3) is 0.304. The number of hydrogen-bond acceptors (Lipinski definition) is 5. The molecule has 0 radical (unpaired) electrons. The van der Waals surface area contributed by atoms with E-state index >= 15 is 0 Å². The Labute approximate surface area is 180 Å². The van der Waals surface area contributed by atoms with Gasteiger partial charge in [0.05, 0.1) is 5.52 Å². The minimum absolute atomic E-state index is 0.00466. The monoisotopic (exact) mass is 419 g/mol. The Kier molecular flexibility index (Phi) is 6.26. The van der Waals surface area contributed by atoms with E-state index in [0.717, 1.165) is 36.6 Å². The first-order valence-electron chi connectivity index (χ1n) is 10.4. The number of rotatable bonds is 6. The maximum Gasteiger partial charge on any atom is 0.404 e. The van der Waals surface area contributed by atoms with E-state index in [4.69, 9.17) is 5.11 Å². The van der Waals surface area contributed by atoms with E-state index in [0.29, 0.717) is 23.6 Å². The highest BCUT2D eigenvalue weighted by molar-refractivity contribution is 5.97. The Morgan fingerprint density at radius 1 is 1.00 bits per heavy atom. The molecule has 1 heterocycles. The van der Waals surface area contributed by atoms with E-state index in [1.54, 1.807) is 18.3 Å². The molecule has 2 amide bonds. The molecule has 0 aliphatic heterocycles. The number of benzene rings is 2. The predicted octanol–water partition coefficient (Wildman–Crippen LogP) is 3.55. The molecule has 31 heavy (non-hydrogen) atoms. The molecular formula is C23H25N5O3. The fourth-order valence-corrected chi connectivity index (χ4v) is 3.85. The third-order valence-electron chi connectivity index (χ3n) is 5.53. The van der Waals surface area contributed by atoms with Gasteiger partial charge < -0.3 is 21.1 Å². The number of carboxylic acid groups (broad SMARTS) is 1. The van der Waals surface area contributed by atoms with Crippen molar-refractivity contribution in [2.75, 3.05) is 5.32 Å². The van der Waals surface area contributed by atoms with Crippen molar-refractivity contribution in [3.05, 3.63) is 65.9 Å². The van der Waals surface area contributed by atoms with Crippen molar-refractivity contribution in [3.8, 4) is 0 Å².